The molecule has 2 bridgehead atoms. The van der Waals surface area contributed by atoms with E-state index < -0.39 is 0 Å². The number of piperidine rings is 1. The third-order valence-electron chi connectivity index (χ3n) is 3.84. The van der Waals surface area contributed by atoms with E-state index in [1.54, 1.807) is 0 Å². The Labute approximate surface area is 117 Å². The van der Waals surface area contributed by atoms with E-state index in [1.807, 2.05) is 11.3 Å². The molecule has 0 amide bonds. The van der Waals surface area contributed by atoms with Gasteiger partial charge in [-0.1, -0.05) is 15.9 Å². The van der Waals surface area contributed by atoms with Crippen molar-refractivity contribution in [3.05, 3.63) is 20.8 Å². The highest BCUT2D eigenvalue weighted by Gasteiger charge is 2.39. The maximum atomic E-state index is 3.80. The van der Waals surface area contributed by atoms with Gasteiger partial charge in [0.05, 0.1) is 0 Å². The van der Waals surface area contributed by atoms with Crippen LogP contribution in [0, 0.1) is 0 Å². The zero-order chi connectivity index (χ0) is 11.1. The standard InChI is InChI=1S/C12H15Br2NS/c13-8-5-9-1-2-10(6-8)15(9)7-12-11(14)3-4-16-12/h3-4,8-10H,1-2,5-7H2. The van der Waals surface area contributed by atoms with E-state index >= 15 is 0 Å². The van der Waals surface area contributed by atoms with Gasteiger partial charge in [0.25, 0.3) is 0 Å². The Morgan fingerprint density at radius 1 is 1.31 bits per heavy atom. The van der Waals surface area contributed by atoms with Crippen molar-refractivity contribution in [1.29, 1.82) is 0 Å². The minimum Gasteiger partial charge on any atom is -0.292 e. The number of halogens is 2. The lowest BCUT2D eigenvalue weighted by Crippen LogP contribution is -2.42. The number of hydrogen-bond donors (Lipinski definition) is 0. The third kappa shape index (κ3) is 2.14. The first kappa shape index (κ1) is 11.7. The van der Waals surface area contributed by atoms with Crippen molar-refractivity contribution in [3.8, 4) is 0 Å². The summed E-state index contributed by atoms with van der Waals surface area (Å²) in [5, 5.41) is 2.18. The zero-order valence-electron chi connectivity index (χ0n) is 9.03. The Balaban J connectivity index is 1.75. The molecule has 0 radical (unpaired) electrons. The fourth-order valence-corrected chi connectivity index (χ4v) is 5.42. The molecule has 0 spiro atoms. The van der Waals surface area contributed by atoms with Crippen LogP contribution < -0.4 is 0 Å². The smallest absolute Gasteiger partial charge is 0.0345 e. The summed E-state index contributed by atoms with van der Waals surface area (Å²) in [6.45, 7) is 1.15. The summed E-state index contributed by atoms with van der Waals surface area (Å²) in [5.41, 5.74) is 0. The Hall–Kier alpha value is 0.620. The Kier molecular flexibility index (Phi) is 3.44. The first-order valence-corrected chi connectivity index (χ1v) is 8.44. The first-order valence-electron chi connectivity index (χ1n) is 5.85. The van der Waals surface area contributed by atoms with Crippen LogP contribution in [0.3, 0.4) is 0 Å². The van der Waals surface area contributed by atoms with E-state index in [0.717, 1.165) is 23.5 Å². The van der Waals surface area contributed by atoms with Crippen LogP contribution in [0.4, 0.5) is 0 Å². The summed E-state index contributed by atoms with van der Waals surface area (Å²) < 4.78 is 1.29. The average molecular weight is 365 g/mol. The van der Waals surface area contributed by atoms with Gasteiger partial charge < -0.3 is 0 Å². The van der Waals surface area contributed by atoms with Crippen LogP contribution in [0.2, 0.25) is 0 Å². The van der Waals surface area contributed by atoms with Gasteiger partial charge in [0.15, 0.2) is 0 Å². The van der Waals surface area contributed by atoms with Crippen LogP contribution in [0.5, 0.6) is 0 Å². The summed E-state index contributed by atoms with van der Waals surface area (Å²) in [5.74, 6) is 0. The summed E-state index contributed by atoms with van der Waals surface area (Å²) in [6.07, 6.45) is 5.46. The van der Waals surface area contributed by atoms with Gasteiger partial charge in [0.1, 0.15) is 0 Å². The first-order chi connectivity index (χ1) is 7.74. The molecule has 16 heavy (non-hydrogen) atoms. The lowest BCUT2D eigenvalue weighted by Gasteiger charge is -2.36. The summed E-state index contributed by atoms with van der Waals surface area (Å²) in [6, 6.07) is 3.80. The third-order valence-corrected chi connectivity index (χ3v) is 6.50. The molecule has 0 aromatic carbocycles. The molecular weight excluding hydrogens is 350 g/mol. The molecule has 3 heterocycles. The van der Waals surface area contributed by atoms with Crippen LogP contribution >= 0.6 is 43.2 Å². The van der Waals surface area contributed by atoms with E-state index in [1.165, 1.54) is 35.0 Å². The second-order valence-electron chi connectivity index (χ2n) is 4.82. The summed E-state index contributed by atoms with van der Waals surface area (Å²) in [4.78, 5) is 4.98. The molecule has 0 N–H and O–H groups in total. The van der Waals surface area contributed by atoms with Gasteiger partial charge in [0, 0.05) is 32.8 Å². The molecule has 2 saturated heterocycles. The molecule has 1 nitrogen and oxygen atoms in total. The zero-order valence-corrected chi connectivity index (χ0v) is 13.0. The fraction of sp³-hybridized carbons (Fsp3) is 0.667. The predicted octanol–water partition coefficient (Wildman–Crippen LogP) is 4.40. The number of hydrogen-bond acceptors (Lipinski definition) is 2. The van der Waals surface area contributed by atoms with Crippen molar-refractivity contribution in [2.45, 2.75) is 49.1 Å². The molecule has 0 saturated carbocycles. The van der Waals surface area contributed by atoms with Crippen LogP contribution in [-0.4, -0.2) is 21.8 Å². The van der Waals surface area contributed by atoms with Gasteiger partial charge in [-0.05, 0) is 53.1 Å². The van der Waals surface area contributed by atoms with Crippen molar-refractivity contribution >= 4 is 43.2 Å². The molecule has 4 heteroatoms. The lowest BCUT2D eigenvalue weighted by atomic mass is 10.0. The SMILES string of the molecule is Brc1ccsc1CN1C2CCC1CC(Br)C2. The average Bonchev–Trinajstić information content (AvgIpc) is 2.73. The second-order valence-corrected chi connectivity index (χ2v) is 7.97. The maximum Gasteiger partial charge on any atom is 0.0345 e. The minimum atomic E-state index is 0.757. The van der Waals surface area contributed by atoms with E-state index in [2.05, 4.69) is 48.2 Å². The molecule has 2 atom stereocenters. The fourth-order valence-electron chi connectivity index (χ4n) is 3.07. The molecule has 2 fully saturated rings. The lowest BCUT2D eigenvalue weighted by molar-refractivity contribution is 0.138. The van der Waals surface area contributed by atoms with Crippen LogP contribution in [-0.2, 0) is 6.54 Å². The van der Waals surface area contributed by atoms with Crippen LogP contribution in [0.15, 0.2) is 15.9 Å². The molecule has 88 valence electrons. The van der Waals surface area contributed by atoms with Gasteiger partial charge in [-0.25, -0.2) is 0 Å². The number of thiophene rings is 1. The highest BCUT2D eigenvalue weighted by Crippen LogP contribution is 2.40. The van der Waals surface area contributed by atoms with Crippen molar-refractivity contribution in [3.63, 3.8) is 0 Å². The molecule has 0 aliphatic carbocycles. The molecule has 1 aromatic heterocycles. The monoisotopic (exact) mass is 363 g/mol. The molecule has 2 aliphatic rings. The predicted molar refractivity (Wildman–Crippen MR) is 76.3 cm³/mol. The van der Waals surface area contributed by atoms with Gasteiger partial charge in [-0.2, -0.15) is 0 Å². The van der Waals surface area contributed by atoms with Gasteiger partial charge >= 0.3 is 0 Å². The number of fused-ring (bicyclic) bond motifs is 2. The normalized spacial score (nSPS) is 34.5. The Morgan fingerprint density at radius 3 is 2.56 bits per heavy atom. The maximum absolute atomic E-state index is 3.80. The quantitative estimate of drug-likeness (QED) is 0.703. The number of nitrogens with zero attached hydrogens (tertiary/aromatic N) is 1. The van der Waals surface area contributed by atoms with Crippen molar-refractivity contribution in [2.24, 2.45) is 0 Å². The number of alkyl halides is 1. The van der Waals surface area contributed by atoms with Crippen LogP contribution in [0.25, 0.3) is 0 Å². The highest BCUT2D eigenvalue weighted by molar-refractivity contribution is 9.10. The van der Waals surface area contributed by atoms with E-state index in [4.69, 9.17) is 0 Å². The molecule has 1 aromatic rings. The molecular formula is C12H15Br2NS. The Bertz CT molecular complexity index is 365. The summed E-state index contributed by atoms with van der Waals surface area (Å²) in [7, 11) is 0. The molecule has 2 aliphatic heterocycles. The van der Waals surface area contributed by atoms with Crippen molar-refractivity contribution in [2.75, 3.05) is 0 Å². The van der Waals surface area contributed by atoms with Gasteiger partial charge in [-0.3, -0.25) is 4.90 Å². The van der Waals surface area contributed by atoms with E-state index in [9.17, 15) is 0 Å². The largest absolute Gasteiger partial charge is 0.292 e. The highest BCUT2D eigenvalue weighted by atomic mass is 79.9. The van der Waals surface area contributed by atoms with Gasteiger partial charge in [0.2, 0.25) is 0 Å². The van der Waals surface area contributed by atoms with E-state index in [0.29, 0.717) is 0 Å². The van der Waals surface area contributed by atoms with E-state index in [-0.39, 0.29) is 0 Å². The van der Waals surface area contributed by atoms with Gasteiger partial charge in [-0.15, -0.1) is 11.3 Å². The second kappa shape index (κ2) is 4.71. The Morgan fingerprint density at radius 2 is 2.00 bits per heavy atom. The molecule has 3 rings (SSSR count). The topological polar surface area (TPSA) is 3.24 Å². The molecule has 2 unspecified atom stereocenters. The summed E-state index contributed by atoms with van der Waals surface area (Å²) >= 11 is 9.31. The minimum absolute atomic E-state index is 0.757. The van der Waals surface area contributed by atoms with Crippen molar-refractivity contribution in [1.82, 2.24) is 4.90 Å². The van der Waals surface area contributed by atoms with Crippen molar-refractivity contribution < 1.29 is 0 Å². The number of rotatable bonds is 2. The van der Waals surface area contributed by atoms with Crippen LogP contribution in [0.1, 0.15) is 30.6 Å².